The van der Waals surface area contributed by atoms with Crippen LogP contribution in [0.25, 0.3) is 0 Å². The van der Waals surface area contributed by atoms with E-state index >= 15 is 0 Å². The number of rotatable bonds is 7. The molecular weight excluding hydrogens is 309 g/mol. The summed E-state index contributed by atoms with van der Waals surface area (Å²) in [6, 6.07) is 5.23. The summed E-state index contributed by atoms with van der Waals surface area (Å²) < 4.78 is 11.7. The van der Waals surface area contributed by atoms with Crippen molar-refractivity contribution in [1.82, 2.24) is 5.32 Å². The number of hydrogen-bond donors (Lipinski definition) is 1. The number of hydrogen-bond acceptors (Lipinski definition) is 3. The van der Waals surface area contributed by atoms with E-state index in [0.29, 0.717) is 28.3 Å². The second-order valence-corrected chi connectivity index (χ2v) is 6.74. The first kappa shape index (κ1) is 16.9. The minimum absolute atomic E-state index is 0.130. The van der Waals surface area contributed by atoms with Crippen LogP contribution in [0.2, 0.25) is 10.0 Å². The molecular formula is C16H23Cl2NO2. The van der Waals surface area contributed by atoms with Crippen LogP contribution in [0.1, 0.15) is 26.7 Å². The van der Waals surface area contributed by atoms with Crippen molar-refractivity contribution in [3.05, 3.63) is 28.2 Å². The van der Waals surface area contributed by atoms with Crippen molar-refractivity contribution in [1.29, 1.82) is 0 Å². The van der Waals surface area contributed by atoms with Gasteiger partial charge >= 0.3 is 0 Å². The number of benzene rings is 1. The molecule has 1 saturated heterocycles. The lowest BCUT2D eigenvalue weighted by Crippen LogP contribution is -2.30. The minimum Gasteiger partial charge on any atom is -0.489 e. The molecule has 1 fully saturated rings. The van der Waals surface area contributed by atoms with E-state index in [4.69, 9.17) is 32.7 Å². The largest absolute Gasteiger partial charge is 0.489 e. The van der Waals surface area contributed by atoms with Gasteiger partial charge in [0.15, 0.2) is 0 Å². The molecule has 0 amide bonds. The minimum atomic E-state index is 0.130. The van der Waals surface area contributed by atoms with E-state index in [1.54, 1.807) is 18.2 Å². The van der Waals surface area contributed by atoms with Crippen molar-refractivity contribution in [3.63, 3.8) is 0 Å². The summed E-state index contributed by atoms with van der Waals surface area (Å²) in [7, 11) is 0. The third-order valence-corrected chi connectivity index (χ3v) is 3.99. The van der Waals surface area contributed by atoms with Crippen LogP contribution in [-0.4, -0.2) is 31.9 Å². The Morgan fingerprint density at radius 2 is 2.05 bits per heavy atom. The molecule has 0 aromatic heterocycles. The lowest BCUT2D eigenvalue weighted by Gasteiger charge is -2.16. The van der Waals surface area contributed by atoms with Gasteiger partial charge in [-0.1, -0.05) is 37.0 Å². The average Bonchev–Trinajstić information content (AvgIpc) is 2.87. The molecule has 1 aliphatic rings. The van der Waals surface area contributed by atoms with Gasteiger partial charge in [0.1, 0.15) is 12.4 Å². The maximum atomic E-state index is 6.07. The molecule has 1 aliphatic heterocycles. The highest BCUT2D eigenvalue weighted by Gasteiger charge is 2.25. The van der Waals surface area contributed by atoms with Crippen molar-refractivity contribution in [2.75, 3.05) is 19.7 Å². The summed E-state index contributed by atoms with van der Waals surface area (Å²) in [5.41, 5.74) is 0. The summed E-state index contributed by atoms with van der Waals surface area (Å²) in [6.45, 7) is 6.86. The van der Waals surface area contributed by atoms with Crippen LogP contribution in [0.3, 0.4) is 0 Å². The Morgan fingerprint density at radius 3 is 2.81 bits per heavy atom. The topological polar surface area (TPSA) is 30.5 Å². The molecule has 21 heavy (non-hydrogen) atoms. The molecule has 0 spiro atoms. The van der Waals surface area contributed by atoms with Crippen molar-refractivity contribution >= 4 is 23.2 Å². The van der Waals surface area contributed by atoms with Crippen LogP contribution >= 0.6 is 23.2 Å². The molecule has 0 bridgehead atoms. The Hall–Kier alpha value is -0.480. The highest BCUT2D eigenvalue weighted by Crippen LogP contribution is 2.29. The maximum absolute atomic E-state index is 6.07. The molecule has 1 aromatic carbocycles. The number of halogens is 2. The summed E-state index contributed by atoms with van der Waals surface area (Å²) in [4.78, 5) is 0. The third-order valence-electron chi connectivity index (χ3n) is 3.44. The summed E-state index contributed by atoms with van der Waals surface area (Å²) >= 11 is 12.0. The monoisotopic (exact) mass is 331 g/mol. The molecule has 1 N–H and O–H groups in total. The molecule has 118 valence electrons. The van der Waals surface area contributed by atoms with E-state index in [-0.39, 0.29) is 12.2 Å². The first-order chi connectivity index (χ1) is 10.0. The molecule has 0 saturated carbocycles. The van der Waals surface area contributed by atoms with Gasteiger partial charge in [0.2, 0.25) is 0 Å². The fraction of sp³-hybridized carbons (Fsp3) is 0.625. The Labute approximate surface area is 136 Å². The van der Waals surface area contributed by atoms with E-state index in [0.717, 1.165) is 25.9 Å². The second kappa shape index (κ2) is 8.23. The standard InChI is InChI=1S/C16H23Cl2NO2/c1-11(2)8-19-9-13-4-5-14(21-13)10-20-16-7-12(17)3-6-15(16)18/h3,6-7,11,13-14,19H,4-5,8-10H2,1-2H3. The summed E-state index contributed by atoms with van der Waals surface area (Å²) in [6.07, 6.45) is 2.51. The summed E-state index contributed by atoms with van der Waals surface area (Å²) in [5.74, 6) is 1.28. The van der Waals surface area contributed by atoms with Crippen molar-refractivity contribution in [2.24, 2.45) is 5.92 Å². The highest BCUT2D eigenvalue weighted by atomic mass is 35.5. The molecule has 5 heteroatoms. The number of ether oxygens (including phenoxy) is 2. The Balaban J connectivity index is 1.71. The van der Waals surface area contributed by atoms with Gasteiger partial charge in [-0.25, -0.2) is 0 Å². The van der Waals surface area contributed by atoms with Crippen LogP contribution in [0.4, 0.5) is 0 Å². The van der Waals surface area contributed by atoms with Gasteiger partial charge in [-0.3, -0.25) is 0 Å². The van der Waals surface area contributed by atoms with Gasteiger partial charge in [-0.15, -0.1) is 0 Å². The van der Waals surface area contributed by atoms with Gasteiger partial charge < -0.3 is 14.8 Å². The van der Waals surface area contributed by atoms with Gasteiger partial charge in [0, 0.05) is 17.6 Å². The van der Waals surface area contributed by atoms with E-state index in [1.807, 2.05) is 0 Å². The smallest absolute Gasteiger partial charge is 0.139 e. The predicted molar refractivity (Wildman–Crippen MR) is 87.6 cm³/mol. The lowest BCUT2D eigenvalue weighted by atomic mass is 10.2. The average molecular weight is 332 g/mol. The highest BCUT2D eigenvalue weighted by molar-refractivity contribution is 6.34. The second-order valence-electron chi connectivity index (χ2n) is 5.90. The van der Waals surface area contributed by atoms with E-state index < -0.39 is 0 Å². The zero-order valence-corrected chi connectivity index (χ0v) is 14.1. The molecule has 1 heterocycles. The molecule has 0 aliphatic carbocycles. The molecule has 2 unspecified atom stereocenters. The quantitative estimate of drug-likeness (QED) is 0.813. The fourth-order valence-electron chi connectivity index (χ4n) is 2.36. The van der Waals surface area contributed by atoms with Gasteiger partial charge in [0.05, 0.1) is 17.2 Å². The first-order valence-corrected chi connectivity index (χ1v) is 8.24. The zero-order chi connectivity index (χ0) is 15.2. The van der Waals surface area contributed by atoms with Crippen LogP contribution in [0.5, 0.6) is 5.75 Å². The SMILES string of the molecule is CC(C)CNCC1CCC(COc2cc(Cl)ccc2Cl)O1. The molecule has 2 rings (SSSR count). The van der Waals surface area contributed by atoms with Crippen LogP contribution in [0.15, 0.2) is 18.2 Å². The van der Waals surface area contributed by atoms with Crippen molar-refractivity contribution in [3.8, 4) is 5.75 Å². The zero-order valence-electron chi connectivity index (χ0n) is 12.6. The number of nitrogens with one attached hydrogen (secondary N) is 1. The third kappa shape index (κ3) is 5.67. The van der Waals surface area contributed by atoms with Crippen molar-refractivity contribution < 1.29 is 9.47 Å². The van der Waals surface area contributed by atoms with E-state index in [1.165, 1.54) is 0 Å². The van der Waals surface area contributed by atoms with Gasteiger partial charge in [-0.05, 0) is 37.4 Å². The summed E-state index contributed by atoms with van der Waals surface area (Å²) in [5, 5.41) is 4.63. The Kier molecular flexibility index (Phi) is 6.62. The van der Waals surface area contributed by atoms with E-state index in [9.17, 15) is 0 Å². The van der Waals surface area contributed by atoms with Crippen LogP contribution < -0.4 is 10.1 Å². The van der Waals surface area contributed by atoms with Gasteiger partial charge in [0.25, 0.3) is 0 Å². The molecule has 3 nitrogen and oxygen atoms in total. The predicted octanol–water partition coefficient (Wildman–Crippen LogP) is 4.17. The normalized spacial score (nSPS) is 22.0. The van der Waals surface area contributed by atoms with Crippen molar-refractivity contribution in [2.45, 2.75) is 38.9 Å². The molecule has 2 atom stereocenters. The van der Waals surface area contributed by atoms with E-state index in [2.05, 4.69) is 19.2 Å². The van der Waals surface area contributed by atoms with Gasteiger partial charge in [-0.2, -0.15) is 0 Å². The molecule has 0 radical (unpaired) electrons. The lowest BCUT2D eigenvalue weighted by molar-refractivity contribution is 0.0184. The van der Waals surface area contributed by atoms with Crippen LogP contribution in [0, 0.1) is 5.92 Å². The maximum Gasteiger partial charge on any atom is 0.139 e. The Bertz CT molecular complexity index is 454. The molecule has 1 aromatic rings. The first-order valence-electron chi connectivity index (χ1n) is 7.48. The Morgan fingerprint density at radius 1 is 1.29 bits per heavy atom. The fourth-order valence-corrected chi connectivity index (χ4v) is 2.69. The van der Waals surface area contributed by atoms with Crippen LogP contribution in [-0.2, 0) is 4.74 Å².